The van der Waals surface area contributed by atoms with Crippen molar-refractivity contribution < 1.29 is 0 Å². The van der Waals surface area contributed by atoms with Crippen LogP contribution in [0.4, 0.5) is 17.1 Å². The number of hydrogen-bond donors (Lipinski definition) is 2. The SMILES string of the molecule is C=C(/C=C\C=C/Nc1ccc(C2=CC(c3ccccc3Nc3ccc(-c4ccccc4)cc3)C(C)C=C2)cc1)c1ccc(-c2ccccc2)cc1. The van der Waals surface area contributed by atoms with Gasteiger partial charge in [0.05, 0.1) is 0 Å². The van der Waals surface area contributed by atoms with Crippen LogP contribution in [0.5, 0.6) is 0 Å². The van der Waals surface area contributed by atoms with Gasteiger partial charge in [0.25, 0.3) is 0 Å². The Kier molecular flexibility index (Phi) is 10.3. The second kappa shape index (κ2) is 15.9. The second-order valence-corrected chi connectivity index (χ2v) is 12.9. The Morgan fingerprint density at radius 1 is 0.569 bits per heavy atom. The second-order valence-electron chi connectivity index (χ2n) is 12.9. The van der Waals surface area contributed by atoms with Crippen LogP contribution >= 0.6 is 0 Å². The minimum Gasteiger partial charge on any atom is -0.362 e. The van der Waals surface area contributed by atoms with Gasteiger partial charge in [-0.05, 0) is 92.4 Å². The van der Waals surface area contributed by atoms with Crippen molar-refractivity contribution in [2.45, 2.75) is 12.8 Å². The van der Waals surface area contributed by atoms with Gasteiger partial charge in [0.15, 0.2) is 0 Å². The first-order valence-electron chi connectivity index (χ1n) is 17.6. The lowest BCUT2D eigenvalue weighted by Crippen LogP contribution is -2.11. The van der Waals surface area contributed by atoms with Crippen molar-refractivity contribution in [3.05, 3.63) is 224 Å². The van der Waals surface area contributed by atoms with Gasteiger partial charge in [0.2, 0.25) is 0 Å². The molecule has 51 heavy (non-hydrogen) atoms. The molecule has 248 valence electrons. The van der Waals surface area contributed by atoms with Crippen LogP contribution in [0, 0.1) is 5.92 Å². The third kappa shape index (κ3) is 8.26. The molecular weight excluding hydrogens is 617 g/mol. The van der Waals surface area contributed by atoms with Crippen molar-refractivity contribution in [1.82, 2.24) is 0 Å². The van der Waals surface area contributed by atoms with Crippen LogP contribution in [0.25, 0.3) is 33.4 Å². The van der Waals surface area contributed by atoms with Gasteiger partial charge >= 0.3 is 0 Å². The third-order valence-corrected chi connectivity index (χ3v) is 9.43. The maximum Gasteiger partial charge on any atom is 0.0423 e. The molecule has 2 atom stereocenters. The minimum atomic E-state index is 0.251. The predicted molar refractivity (Wildman–Crippen MR) is 220 cm³/mol. The largest absolute Gasteiger partial charge is 0.362 e. The van der Waals surface area contributed by atoms with Gasteiger partial charge in [-0.25, -0.2) is 0 Å². The Bertz CT molecular complexity index is 2190. The molecule has 0 aromatic heterocycles. The van der Waals surface area contributed by atoms with Crippen molar-refractivity contribution >= 4 is 28.2 Å². The predicted octanol–water partition coefficient (Wildman–Crippen LogP) is 13.3. The highest BCUT2D eigenvalue weighted by molar-refractivity contribution is 5.79. The number of nitrogens with one attached hydrogen (secondary N) is 2. The van der Waals surface area contributed by atoms with E-state index in [4.69, 9.17) is 0 Å². The lowest BCUT2D eigenvalue weighted by Gasteiger charge is -2.26. The molecule has 0 heterocycles. The molecule has 1 aliphatic rings. The van der Waals surface area contributed by atoms with Crippen molar-refractivity contribution in [2.75, 3.05) is 10.6 Å². The van der Waals surface area contributed by atoms with E-state index in [1.165, 1.54) is 39.0 Å². The van der Waals surface area contributed by atoms with Crippen molar-refractivity contribution in [3.63, 3.8) is 0 Å². The van der Waals surface area contributed by atoms with Crippen LogP contribution in [0.1, 0.15) is 29.5 Å². The van der Waals surface area contributed by atoms with E-state index >= 15 is 0 Å². The summed E-state index contributed by atoms with van der Waals surface area (Å²) in [7, 11) is 0. The van der Waals surface area contributed by atoms with Gasteiger partial charge in [-0.2, -0.15) is 0 Å². The summed E-state index contributed by atoms with van der Waals surface area (Å²) in [6.45, 7) is 6.54. The highest BCUT2D eigenvalue weighted by atomic mass is 14.9. The van der Waals surface area contributed by atoms with Gasteiger partial charge in [-0.15, -0.1) is 0 Å². The smallest absolute Gasteiger partial charge is 0.0423 e. The zero-order chi connectivity index (χ0) is 34.8. The standard InChI is InChI=1S/C49H42N2/c1-36(38-22-24-41(25-23-38)39-14-5-3-6-15-39)13-11-12-34-50-45-30-26-43(27-31-45)44-21-20-37(2)48(35-44)47-18-9-10-19-49(47)51-46-32-28-42(29-33-46)40-16-7-4-8-17-40/h3-35,37,48,50-51H,1H2,2H3/b13-11-,34-12-. The normalized spacial score (nSPS) is 15.5. The van der Waals surface area contributed by atoms with Crippen molar-refractivity contribution in [1.29, 1.82) is 0 Å². The molecule has 2 N–H and O–H groups in total. The number of allylic oxidation sites excluding steroid dienone is 8. The molecule has 7 rings (SSSR count). The Labute approximate surface area is 302 Å². The number of hydrogen-bond acceptors (Lipinski definition) is 2. The highest BCUT2D eigenvalue weighted by Gasteiger charge is 2.22. The number of anilines is 3. The molecule has 0 bridgehead atoms. The molecule has 6 aromatic rings. The van der Waals surface area contributed by atoms with E-state index in [-0.39, 0.29) is 5.92 Å². The summed E-state index contributed by atoms with van der Waals surface area (Å²) in [6.07, 6.45) is 15.0. The topological polar surface area (TPSA) is 24.1 Å². The van der Waals surface area contributed by atoms with Gasteiger partial charge in [0.1, 0.15) is 0 Å². The summed E-state index contributed by atoms with van der Waals surface area (Å²) >= 11 is 0. The maximum atomic E-state index is 4.25. The summed E-state index contributed by atoms with van der Waals surface area (Å²) < 4.78 is 0. The molecule has 0 radical (unpaired) electrons. The molecule has 2 heteroatoms. The maximum absolute atomic E-state index is 4.25. The fraction of sp³-hybridized carbons (Fsp3) is 0.0612. The Hall–Kier alpha value is -6.38. The van der Waals surface area contributed by atoms with Gasteiger partial charge in [-0.3, -0.25) is 0 Å². The zero-order valence-corrected chi connectivity index (χ0v) is 28.9. The molecular formula is C49H42N2. The van der Waals surface area contributed by atoms with Crippen LogP contribution in [-0.2, 0) is 0 Å². The van der Waals surface area contributed by atoms with E-state index in [9.17, 15) is 0 Å². The number of benzene rings is 6. The average molecular weight is 659 g/mol. The summed E-state index contributed by atoms with van der Waals surface area (Å²) in [6, 6.07) is 55.5. The van der Waals surface area contributed by atoms with Gasteiger partial charge < -0.3 is 10.6 Å². The molecule has 1 aliphatic carbocycles. The minimum absolute atomic E-state index is 0.251. The number of para-hydroxylation sites is 1. The summed E-state index contributed by atoms with van der Waals surface area (Å²) in [5, 5.41) is 7.10. The van der Waals surface area contributed by atoms with Gasteiger partial charge in [0, 0.05) is 29.2 Å². The first kappa shape index (κ1) is 33.1. The quantitative estimate of drug-likeness (QED) is 0.135. The van der Waals surface area contributed by atoms with Crippen LogP contribution in [0.15, 0.2) is 207 Å². The molecule has 2 nitrogen and oxygen atoms in total. The highest BCUT2D eigenvalue weighted by Crippen LogP contribution is 2.39. The lowest BCUT2D eigenvalue weighted by molar-refractivity contribution is 0.639. The van der Waals surface area contributed by atoms with E-state index in [1.807, 2.05) is 30.5 Å². The fourth-order valence-electron chi connectivity index (χ4n) is 6.51. The fourth-order valence-corrected chi connectivity index (χ4v) is 6.51. The van der Waals surface area contributed by atoms with Crippen molar-refractivity contribution in [2.24, 2.45) is 5.92 Å². The lowest BCUT2D eigenvalue weighted by atomic mass is 9.80. The molecule has 0 fully saturated rings. The first-order chi connectivity index (χ1) is 25.1. The molecule has 2 unspecified atom stereocenters. The zero-order valence-electron chi connectivity index (χ0n) is 28.9. The van der Waals surface area contributed by atoms with E-state index in [2.05, 4.69) is 194 Å². The molecule has 6 aromatic carbocycles. The van der Waals surface area contributed by atoms with Crippen LogP contribution in [-0.4, -0.2) is 0 Å². The number of rotatable bonds is 11. The van der Waals surface area contributed by atoms with E-state index in [1.54, 1.807) is 0 Å². The van der Waals surface area contributed by atoms with Crippen LogP contribution < -0.4 is 10.6 Å². The van der Waals surface area contributed by atoms with Crippen LogP contribution in [0.3, 0.4) is 0 Å². The molecule has 0 amide bonds. The monoisotopic (exact) mass is 658 g/mol. The van der Waals surface area contributed by atoms with E-state index in [0.29, 0.717) is 5.92 Å². The summed E-state index contributed by atoms with van der Waals surface area (Å²) in [5.41, 5.74) is 13.9. The third-order valence-electron chi connectivity index (χ3n) is 9.43. The van der Waals surface area contributed by atoms with Gasteiger partial charge in [-0.1, -0.05) is 171 Å². The Balaban J connectivity index is 0.971. The average Bonchev–Trinajstić information content (AvgIpc) is 3.19. The first-order valence-corrected chi connectivity index (χ1v) is 17.6. The molecule has 0 spiro atoms. The molecule has 0 saturated heterocycles. The summed E-state index contributed by atoms with van der Waals surface area (Å²) in [5.74, 6) is 0.627. The Morgan fingerprint density at radius 3 is 1.78 bits per heavy atom. The van der Waals surface area contributed by atoms with E-state index in [0.717, 1.165) is 28.2 Å². The van der Waals surface area contributed by atoms with Crippen LogP contribution in [0.2, 0.25) is 0 Å². The Morgan fingerprint density at radius 2 is 1.12 bits per heavy atom. The van der Waals surface area contributed by atoms with Crippen molar-refractivity contribution in [3.8, 4) is 22.3 Å². The molecule has 0 saturated carbocycles. The summed E-state index contributed by atoms with van der Waals surface area (Å²) in [4.78, 5) is 0. The van der Waals surface area contributed by atoms with E-state index < -0.39 is 0 Å². The molecule has 0 aliphatic heterocycles.